The average Bonchev–Trinajstić information content (AvgIpc) is 2.88. The second-order valence-corrected chi connectivity index (χ2v) is 7.27. The van der Waals surface area contributed by atoms with Crippen molar-refractivity contribution in [3.8, 4) is 0 Å². The number of alkyl halides is 3. The Balaban J connectivity index is 1.93. The van der Waals surface area contributed by atoms with Gasteiger partial charge in [-0.25, -0.2) is 4.68 Å². The van der Waals surface area contributed by atoms with E-state index < -0.39 is 9.70 Å². The number of aromatic nitrogens is 3. The Kier molecular flexibility index (Phi) is 4.23. The van der Waals surface area contributed by atoms with E-state index in [1.807, 2.05) is 43.3 Å². The molecule has 0 aliphatic carbocycles. The third-order valence-corrected chi connectivity index (χ3v) is 3.75. The molecule has 120 valence electrons. The van der Waals surface area contributed by atoms with Gasteiger partial charge in [0, 0.05) is 5.70 Å². The van der Waals surface area contributed by atoms with E-state index in [2.05, 4.69) is 20.7 Å². The van der Waals surface area contributed by atoms with E-state index in [9.17, 15) is 4.79 Å². The predicted molar refractivity (Wildman–Crippen MR) is 90.9 cm³/mol. The van der Waals surface area contributed by atoms with Gasteiger partial charge in [0.1, 0.15) is 6.04 Å². The molecule has 1 aliphatic heterocycles. The summed E-state index contributed by atoms with van der Waals surface area (Å²) in [6.45, 7) is 1.92. The number of anilines is 2. The molecule has 0 spiro atoms. The SMILES string of the molecule is CC1=C[C@@H](c2ccccc2)n2nc(NC(=O)C(Cl)(Cl)Cl)nc2N1. The van der Waals surface area contributed by atoms with Crippen LogP contribution in [0.1, 0.15) is 18.5 Å². The maximum absolute atomic E-state index is 11.7. The van der Waals surface area contributed by atoms with Crippen molar-refractivity contribution in [1.29, 1.82) is 0 Å². The van der Waals surface area contributed by atoms with Crippen molar-refractivity contribution >= 4 is 52.6 Å². The summed E-state index contributed by atoms with van der Waals surface area (Å²) in [5, 5.41) is 9.76. The fraction of sp³-hybridized carbons (Fsp3) is 0.214. The minimum atomic E-state index is -2.08. The highest BCUT2D eigenvalue weighted by Gasteiger charge is 2.32. The fourth-order valence-electron chi connectivity index (χ4n) is 2.24. The average molecular weight is 373 g/mol. The lowest BCUT2D eigenvalue weighted by Crippen LogP contribution is -2.27. The van der Waals surface area contributed by atoms with Crippen LogP contribution in [0, 0.1) is 0 Å². The predicted octanol–water partition coefficient (Wildman–Crippen LogP) is 3.51. The first-order valence-corrected chi connectivity index (χ1v) is 7.83. The van der Waals surface area contributed by atoms with Crippen LogP contribution in [-0.4, -0.2) is 24.5 Å². The van der Waals surface area contributed by atoms with E-state index in [4.69, 9.17) is 34.8 Å². The Labute approximate surface area is 147 Å². The Morgan fingerprint density at radius 1 is 1.30 bits per heavy atom. The molecule has 0 fully saturated rings. The molecule has 3 rings (SSSR count). The lowest BCUT2D eigenvalue weighted by atomic mass is 10.1. The first kappa shape index (κ1) is 16.1. The number of rotatable bonds is 2. The zero-order chi connectivity index (χ0) is 16.6. The quantitative estimate of drug-likeness (QED) is 0.791. The number of benzene rings is 1. The van der Waals surface area contributed by atoms with E-state index in [1.54, 1.807) is 4.68 Å². The zero-order valence-corrected chi connectivity index (χ0v) is 14.2. The molecule has 0 saturated carbocycles. The van der Waals surface area contributed by atoms with Gasteiger partial charge in [0.2, 0.25) is 5.95 Å². The van der Waals surface area contributed by atoms with Crippen molar-refractivity contribution in [2.24, 2.45) is 0 Å². The molecule has 23 heavy (non-hydrogen) atoms. The summed E-state index contributed by atoms with van der Waals surface area (Å²) >= 11 is 16.6. The van der Waals surface area contributed by atoms with Crippen LogP contribution in [0.4, 0.5) is 11.9 Å². The maximum Gasteiger partial charge on any atom is 0.278 e. The maximum atomic E-state index is 11.7. The lowest BCUT2D eigenvalue weighted by molar-refractivity contribution is -0.115. The van der Waals surface area contributed by atoms with Crippen LogP contribution in [0.25, 0.3) is 0 Å². The van der Waals surface area contributed by atoms with Crippen molar-refractivity contribution in [1.82, 2.24) is 14.8 Å². The number of nitrogens with zero attached hydrogens (tertiary/aromatic N) is 3. The standard InChI is InChI=1S/C14H12Cl3N5O/c1-8-7-10(9-5-3-2-4-6-9)22-13(18-8)20-12(21-22)19-11(23)14(15,16)17/h2-7,10H,1H3,(H2,18,19,20,21,23)/t10-/m0/s1. The number of allylic oxidation sites excluding steroid dienone is 2. The molecule has 2 N–H and O–H groups in total. The van der Waals surface area contributed by atoms with Gasteiger partial charge >= 0.3 is 0 Å². The first-order valence-electron chi connectivity index (χ1n) is 6.70. The van der Waals surface area contributed by atoms with Crippen LogP contribution >= 0.6 is 34.8 Å². The largest absolute Gasteiger partial charge is 0.329 e. The summed E-state index contributed by atoms with van der Waals surface area (Å²) in [5.74, 6) is -0.252. The van der Waals surface area contributed by atoms with Crippen molar-refractivity contribution in [2.45, 2.75) is 16.8 Å². The highest BCUT2D eigenvalue weighted by molar-refractivity contribution is 6.76. The Hall–Kier alpha value is -1.76. The molecule has 2 heterocycles. The molecular formula is C14H12Cl3N5O. The third-order valence-electron chi connectivity index (χ3n) is 3.24. The number of amides is 1. The second-order valence-electron chi connectivity index (χ2n) is 4.99. The summed E-state index contributed by atoms with van der Waals surface area (Å²) in [4.78, 5) is 16.0. The normalized spacial score (nSPS) is 17.0. The van der Waals surface area contributed by atoms with Gasteiger partial charge in [-0.1, -0.05) is 65.1 Å². The van der Waals surface area contributed by atoms with Gasteiger partial charge in [-0.15, -0.1) is 5.10 Å². The summed E-state index contributed by atoms with van der Waals surface area (Å²) < 4.78 is -0.414. The molecule has 1 aliphatic rings. The van der Waals surface area contributed by atoms with Crippen LogP contribution in [0.15, 0.2) is 42.1 Å². The Morgan fingerprint density at radius 2 is 2.00 bits per heavy atom. The van der Waals surface area contributed by atoms with Gasteiger partial charge in [-0.2, -0.15) is 4.98 Å². The minimum absolute atomic E-state index is 0.0628. The smallest absolute Gasteiger partial charge is 0.278 e. The van der Waals surface area contributed by atoms with Gasteiger partial charge < -0.3 is 5.32 Å². The van der Waals surface area contributed by atoms with Crippen LogP contribution in [-0.2, 0) is 4.79 Å². The minimum Gasteiger partial charge on any atom is -0.329 e. The molecule has 1 atom stereocenters. The number of fused-ring (bicyclic) bond motifs is 1. The van der Waals surface area contributed by atoms with E-state index in [0.29, 0.717) is 5.95 Å². The summed E-state index contributed by atoms with van der Waals surface area (Å²) in [7, 11) is 0. The monoisotopic (exact) mass is 371 g/mol. The highest BCUT2D eigenvalue weighted by atomic mass is 35.6. The van der Waals surface area contributed by atoms with Gasteiger partial charge in [-0.05, 0) is 18.6 Å². The van der Waals surface area contributed by atoms with Gasteiger partial charge in [-0.3, -0.25) is 10.1 Å². The molecule has 0 bridgehead atoms. The number of hydrogen-bond donors (Lipinski definition) is 2. The number of carbonyl (C=O) groups excluding carboxylic acids is 1. The molecule has 0 saturated heterocycles. The Bertz CT molecular complexity index is 766. The van der Waals surface area contributed by atoms with Gasteiger partial charge in [0.05, 0.1) is 0 Å². The highest BCUT2D eigenvalue weighted by Crippen LogP contribution is 2.31. The van der Waals surface area contributed by atoms with E-state index in [-0.39, 0.29) is 12.0 Å². The molecular weight excluding hydrogens is 361 g/mol. The lowest BCUT2D eigenvalue weighted by Gasteiger charge is -2.22. The van der Waals surface area contributed by atoms with Crippen LogP contribution in [0.5, 0.6) is 0 Å². The second kappa shape index (κ2) is 6.03. The van der Waals surface area contributed by atoms with Gasteiger partial charge in [0.15, 0.2) is 0 Å². The number of carbonyl (C=O) groups is 1. The first-order chi connectivity index (χ1) is 10.8. The van der Waals surface area contributed by atoms with Gasteiger partial charge in [0.25, 0.3) is 15.6 Å². The van der Waals surface area contributed by atoms with E-state index >= 15 is 0 Å². The molecule has 6 nitrogen and oxygen atoms in total. The molecule has 0 unspecified atom stereocenters. The number of hydrogen-bond acceptors (Lipinski definition) is 4. The Morgan fingerprint density at radius 3 is 2.65 bits per heavy atom. The van der Waals surface area contributed by atoms with Crippen molar-refractivity contribution in [3.63, 3.8) is 0 Å². The van der Waals surface area contributed by atoms with Crippen LogP contribution in [0.3, 0.4) is 0 Å². The van der Waals surface area contributed by atoms with Crippen LogP contribution < -0.4 is 10.6 Å². The summed E-state index contributed by atoms with van der Waals surface area (Å²) in [5.41, 5.74) is 1.97. The molecule has 1 amide bonds. The molecule has 2 aromatic rings. The van der Waals surface area contributed by atoms with Crippen LogP contribution in [0.2, 0.25) is 0 Å². The third kappa shape index (κ3) is 3.44. The fourth-order valence-corrected chi connectivity index (χ4v) is 2.38. The van der Waals surface area contributed by atoms with E-state index in [1.165, 1.54) is 0 Å². The number of halogens is 3. The molecule has 0 radical (unpaired) electrons. The van der Waals surface area contributed by atoms with Crippen molar-refractivity contribution in [2.75, 3.05) is 10.6 Å². The van der Waals surface area contributed by atoms with E-state index in [0.717, 1.165) is 11.3 Å². The number of nitrogens with one attached hydrogen (secondary N) is 2. The summed E-state index contributed by atoms with van der Waals surface area (Å²) in [6.07, 6.45) is 2.01. The summed E-state index contributed by atoms with van der Waals surface area (Å²) in [6, 6.07) is 9.68. The molecule has 1 aromatic heterocycles. The molecule has 1 aromatic carbocycles. The van der Waals surface area contributed by atoms with Crippen molar-refractivity contribution < 1.29 is 4.79 Å². The zero-order valence-electron chi connectivity index (χ0n) is 11.9. The topological polar surface area (TPSA) is 71.8 Å². The molecule has 9 heteroatoms. The van der Waals surface area contributed by atoms with Crippen molar-refractivity contribution in [3.05, 3.63) is 47.7 Å².